The minimum Gasteiger partial charge on any atom is -0.291 e. The second-order valence-corrected chi connectivity index (χ2v) is 10.3. The van der Waals surface area contributed by atoms with Gasteiger partial charge < -0.3 is 0 Å². The Balaban J connectivity index is 1.53. The molecule has 0 bridgehead atoms. The highest BCUT2D eigenvalue weighted by atomic mass is 15.1. The van der Waals surface area contributed by atoms with E-state index in [4.69, 9.17) is 4.98 Å². The van der Waals surface area contributed by atoms with E-state index in [2.05, 4.69) is 145 Å². The predicted molar refractivity (Wildman–Crippen MR) is 160 cm³/mol. The summed E-state index contributed by atoms with van der Waals surface area (Å²) in [7, 11) is 2.12. The first kappa shape index (κ1) is 22.0. The largest absolute Gasteiger partial charge is 0.291 e. The van der Waals surface area contributed by atoms with Crippen molar-refractivity contribution in [1.82, 2.24) is 9.55 Å². The lowest BCUT2D eigenvalue weighted by Gasteiger charge is -2.22. The topological polar surface area (TPSA) is 21.7 Å². The summed E-state index contributed by atoms with van der Waals surface area (Å²) in [5, 5.41) is 2.53. The maximum Gasteiger partial charge on any atom is 0.240 e. The standard InChI is InChI=1S/C36H26N3/c1-23-25-12-4-3-11-24(25)19-20-26(23)35-34-33(21-22-38(35)2)39-32-18-10-9-16-30(32)28-14-6-5-13-27(28)29-15-7-8-17-31(29)36(39)37-34/h3-22H,1-2H3/q+1. The van der Waals surface area contributed by atoms with Crippen molar-refractivity contribution in [3.05, 3.63) is 127 Å². The van der Waals surface area contributed by atoms with E-state index >= 15 is 0 Å². The van der Waals surface area contributed by atoms with E-state index in [1.54, 1.807) is 0 Å². The maximum absolute atomic E-state index is 5.47. The Hall–Kier alpha value is -5.02. The number of rotatable bonds is 1. The first-order valence-corrected chi connectivity index (χ1v) is 13.4. The Morgan fingerprint density at radius 3 is 2.00 bits per heavy atom. The molecular weight excluding hydrogens is 474 g/mol. The highest BCUT2D eigenvalue weighted by Crippen LogP contribution is 2.45. The van der Waals surface area contributed by atoms with Gasteiger partial charge in [-0.3, -0.25) is 4.57 Å². The zero-order valence-electron chi connectivity index (χ0n) is 21.9. The van der Waals surface area contributed by atoms with Crippen LogP contribution in [-0.4, -0.2) is 9.55 Å². The Labute approximate surface area is 227 Å². The van der Waals surface area contributed by atoms with Crippen LogP contribution < -0.4 is 4.57 Å². The first-order chi connectivity index (χ1) is 19.2. The Morgan fingerprint density at radius 1 is 0.590 bits per heavy atom. The molecule has 0 aliphatic carbocycles. The quantitative estimate of drug-likeness (QED) is 0.208. The molecule has 1 aliphatic heterocycles. The fourth-order valence-electron chi connectivity index (χ4n) is 6.37. The molecule has 0 radical (unpaired) electrons. The lowest BCUT2D eigenvalue weighted by Crippen LogP contribution is -2.31. The third-order valence-corrected chi connectivity index (χ3v) is 8.22. The monoisotopic (exact) mass is 500 g/mol. The minimum atomic E-state index is 0.966. The van der Waals surface area contributed by atoms with Crippen molar-refractivity contribution in [1.29, 1.82) is 0 Å². The van der Waals surface area contributed by atoms with Crippen LogP contribution in [0.4, 0.5) is 0 Å². The number of nitrogens with zero attached hydrogens (tertiary/aromatic N) is 3. The molecule has 3 nitrogen and oxygen atoms in total. The molecule has 8 rings (SSSR count). The number of para-hydroxylation sites is 1. The molecule has 7 aromatic rings. The van der Waals surface area contributed by atoms with Crippen LogP contribution in [0.3, 0.4) is 0 Å². The number of hydrogen-bond donors (Lipinski definition) is 0. The van der Waals surface area contributed by atoms with E-state index < -0.39 is 0 Å². The summed E-state index contributed by atoms with van der Waals surface area (Å²) in [5.41, 5.74) is 12.9. The summed E-state index contributed by atoms with van der Waals surface area (Å²) in [6.45, 7) is 2.23. The Kier molecular flexibility index (Phi) is 4.65. The van der Waals surface area contributed by atoms with Crippen molar-refractivity contribution in [2.75, 3.05) is 0 Å². The molecule has 0 saturated heterocycles. The van der Waals surface area contributed by atoms with Crippen LogP contribution in [0.5, 0.6) is 0 Å². The van der Waals surface area contributed by atoms with Crippen molar-refractivity contribution in [2.24, 2.45) is 7.05 Å². The molecule has 184 valence electrons. The van der Waals surface area contributed by atoms with Gasteiger partial charge in [0.25, 0.3) is 0 Å². The molecule has 39 heavy (non-hydrogen) atoms. The van der Waals surface area contributed by atoms with Gasteiger partial charge in [0.05, 0.1) is 16.8 Å². The van der Waals surface area contributed by atoms with Crippen LogP contribution in [-0.2, 0) is 7.05 Å². The molecule has 3 heterocycles. The molecule has 3 heteroatoms. The lowest BCUT2D eigenvalue weighted by atomic mass is 9.89. The van der Waals surface area contributed by atoms with Crippen molar-refractivity contribution < 1.29 is 4.57 Å². The molecule has 0 saturated carbocycles. The summed E-state index contributed by atoms with van der Waals surface area (Å²) in [4.78, 5) is 5.47. The number of aryl methyl sites for hydroxylation is 2. The number of aromatic nitrogens is 3. The van der Waals surface area contributed by atoms with E-state index in [1.807, 2.05) is 0 Å². The zero-order chi connectivity index (χ0) is 26.1. The zero-order valence-corrected chi connectivity index (χ0v) is 21.9. The number of fused-ring (bicyclic) bond motifs is 11. The lowest BCUT2D eigenvalue weighted by molar-refractivity contribution is -0.659. The van der Waals surface area contributed by atoms with E-state index in [-0.39, 0.29) is 0 Å². The number of hydrogen-bond acceptors (Lipinski definition) is 1. The average Bonchev–Trinajstić information content (AvgIpc) is 3.36. The van der Waals surface area contributed by atoms with Crippen molar-refractivity contribution in [3.63, 3.8) is 0 Å². The first-order valence-electron chi connectivity index (χ1n) is 13.4. The molecule has 0 amide bonds. The fourth-order valence-corrected chi connectivity index (χ4v) is 6.37. The van der Waals surface area contributed by atoms with Gasteiger partial charge in [-0.1, -0.05) is 97.1 Å². The highest BCUT2D eigenvalue weighted by molar-refractivity contribution is 6.01. The van der Waals surface area contributed by atoms with Crippen molar-refractivity contribution in [2.45, 2.75) is 6.92 Å². The van der Waals surface area contributed by atoms with E-state index in [0.717, 1.165) is 33.8 Å². The van der Waals surface area contributed by atoms with E-state index in [1.165, 1.54) is 44.2 Å². The Morgan fingerprint density at radius 2 is 1.21 bits per heavy atom. The molecule has 0 atom stereocenters. The van der Waals surface area contributed by atoms with Crippen LogP contribution >= 0.6 is 0 Å². The van der Waals surface area contributed by atoms with Gasteiger partial charge in [0, 0.05) is 17.2 Å². The summed E-state index contributed by atoms with van der Waals surface area (Å²) >= 11 is 0. The number of imidazole rings is 1. The number of pyridine rings is 1. The second-order valence-electron chi connectivity index (χ2n) is 10.3. The second kappa shape index (κ2) is 8.24. The van der Waals surface area contributed by atoms with E-state index in [9.17, 15) is 0 Å². The van der Waals surface area contributed by atoms with Gasteiger partial charge >= 0.3 is 0 Å². The normalized spacial score (nSPS) is 11.8. The van der Waals surface area contributed by atoms with Gasteiger partial charge in [-0.05, 0) is 52.1 Å². The Bertz CT molecular complexity index is 2100. The van der Waals surface area contributed by atoms with Crippen LogP contribution in [0.1, 0.15) is 5.56 Å². The molecule has 0 unspecified atom stereocenters. The van der Waals surface area contributed by atoms with E-state index in [0.29, 0.717) is 0 Å². The molecule has 0 spiro atoms. The summed E-state index contributed by atoms with van der Waals surface area (Å²) < 4.78 is 4.58. The molecule has 0 fully saturated rings. The van der Waals surface area contributed by atoms with Gasteiger partial charge in [0.1, 0.15) is 12.9 Å². The van der Waals surface area contributed by atoms with Crippen LogP contribution in [0.15, 0.2) is 121 Å². The predicted octanol–water partition coefficient (Wildman–Crippen LogP) is 8.29. The van der Waals surface area contributed by atoms with Gasteiger partial charge in [0.2, 0.25) is 5.69 Å². The van der Waals surface area contributed by atoms with Crippen molar-refractivity contribution >= 4 is 21.8 Å². The van der Waals surface area contributed by atoms with Gasteiger partial charge in [-0.25, -0.2) is 4.98 Å². The van der Waals surface area contributed by atoms with Crippen molar-refractivity contribution in [3.8, 4) is 50.6 Å². The highest BCUT2D eigenvalue weighted by Gasteiger charge is 2.28. The third kappa shape index (κ3) is 3.10. The molecule has 2 aromatic heterocycles. The van der Waals surface area contributed by atoms with Gasteiger partial charge in [-0.2, -0.15) is 4.57 Å². The van der Waals surface area contributed by atoms with Gasteiger partial charge in [-0.15, -0.1) is 0 Å². The molecular formula is C36H26N3+. The third-order valence-electron chi connectivity index (χ3n) is 8.22. The van der Waals surface area contributed by atoms with Crippen LogP contribution in [0.25, 0.3) is 72.4 Å². The van der Waals surface area contributed by atoms with Gasteiger partial charge in [0.15, 0.2) is 11.7 Å². The fraction of sp³-hybridized carbons (Fsp3) is 0.0556. The molecule has 1 aliphatic rings. The summed E-state index contributed by atoms with van der Waals surface area (Å²) in [6, 6.07) is 41.4. The molecule has 5 aromatic carbocycles. The van der Waals surface area contributed by atoms with Crippen LogP contribution in [0, 0.1) is 6.92 Å². The molecule has 0 N–H and O–H groups in total. The van der Waals surface area contributed by atoms with Crippen LogP contribution in [0.2, 0.25) is 0 Å². The SMILES string of the molecule is Cc1c(-c2c3nc4n(c3cc[n+]2C)-c2ccccc2-c2ccccc2-c2ccccc2-4)ccc2ccccc12. The summed E-state index contributed by atoms with van der Waals surface area (Å²) in [5.74, 6) is 0.966. The maximum atomic E-state index is 5.47. The average molecular weight is 501 g/mol. The number of benzene rings is 5. The smallest absolute Gasteiger partial charge is 0.240 e. The summed E-state index contributed by atoms with van der Waals surface area (Å²) in [6.07, 6.45) is 2.17. The minimum absolute atomic E-state index is 0.966.